The number of amides is 1. The van der Waals surface area contributed by atoms with Gasteiger partial charge in [-0.15, -0.1) is 0 Å². The number of halogens is 1. The van der Waals surface area contributed by atoms with Crippen molar-refractivity contribution in [3.8, 4) is 11.6 Å². The number of carbonyl (C=O) groups is 2. The molecule has 5 rings (SSSR count). The summed E-state index contributed by atoms with van der Waals surface area (Å²) >= 11 is 6.27. The van der Waals surface area contributed by atoms with Crippen LogP contribution in [0.5, 0.6) is 5.88 Å². The van der Waals surface area contributed by atoms with Gasteiger partial charge in [-0.2, -0.15) is 0 Å². The first-order valence-electron chi connectivity index (χ1n) is 12.2. The van der Waals surface area contributed by atoms with Crippen LogP contribution in [0.4, 0.5) is 10.6 Å². The van der Waals surface area contributed by atoms with Crippen LogP contribution in [0.25, 0.3) is 16.6 Å². The Morgan fingerprint density at radius 2 is 1.85 bits per heavy atom. The predicted octanol–water partition coefficient (Wildman–Crippen LogP) is 3.95. The van der Waals surface area contributed by atoms with Gasteiger partial charge >= 0.3 is 6.16 Å². The van der Waals surface area contributed by atoms with Crippen LogP contribution >= 0.6 is 11.6 Å². The second-order valence-electron chi connectivity index (χ2n) is 8.69. The number of nitrogens with one attached hydrogen (secondary N) is 1. The number of hydrogen-bond donors (Lipinski definition) is 1. The van der Waals surface area contributed by atoms with Gasteiger partial charge in [0.2, 0.25) is 5.88 Å². The number of rotatable bonds is 6. The van der Waals surface area contributed by atoms with Crippen LogP contribution in [0.2, 0.25) is 5.02 Å². The van der Waals surface area contributed by atoms with Crippen LogP contribution in [-0.2, 0) is 16.0 Å². The molecule has 0 radical (unpaired) electrons. The molecule has 2 aromatic carbocycles. The van der Waals surface area contributed by atoms with Crippen LogP contribution < -0.4 is 20.4 Å². The fourth-order valence-corrected chi connectivity index (χ4v) is 4.54. The predicted molar refractivity (Wildman–Crippen MR) is 146 cm³/mol. The first-order chi connectivity index (χ1) is 19.0. The molecule has 0 unspecified atom stereocenters. The van der Waals surface area contributed by atoms with Crippen molar-refractivity contribution in [1.29, 1.82) is 0 Å². The first-order valence-corrected chi connectivity index (χ1v) is 12.6. The number of fused-ring (bicyclic) bond motifs is 1. The van der Waals surface area contributed by atoms with Gasteiger partial charge in [-0.25, -0.2) is 9.78 Å². The summed E-state index contributed by atoms with van der Waals surface area (Å²) in [6, 6.07) is 17.3. The van der Waals surface area contributed by atoms with Gasteiger partial charge in [-0.05, 0) is 42.5 Å². The van der Waals surface area contributed by atoms with Gasteiger partial charge in [0.15, 0.2) is 5.43 Å². The molecule has 1 aliphatic heterocycles. The quantitative estimate of drug-likeness (QED) is 0.360. The molecule has 1 aliphatic rings. The zero-order valence-corrected chi connectivity index (χ0v) is 21.8. The van der Waals surface area contributed by atoms with Crippen molar-refractivity contribution < 1.29 is 23.8 Å². The summed E-state index contributed by atoms with van der Waals surface area (Å²) in [5, 5.41) is 3.49. The number of methoxy groups -OCH3 is 1. The van der Waals surface area contributed by atoms with Crippen molar-refractivity contribution in [2.45, 2.75) is 6.54 Å². The Labute approximate surface area is 228 Å². The number of nitrogens with zero attached hydrogens (tertiary/aromatic N) is 3. The molecule has 4 aromatic rings. The Morgan fingerprint density at radius 3 is 2.54 bits per heavy atom. The van der Waals surface area contributed by atoms with Gasteiger partial charge in [0.1, 0.15) is 5.82 Å². The van der Waals surface area contributed by atoms with E-state index in [1.54, 1.807) is 59.2 Å². The number of aromatic nitrogens is 2. The van der Waals surface area contributed by atoms with E-state index >= 15 is 0 Å². The molecule has 0 saturated carbocycles. The van der Waals surface area contributed by atoms with E-state index in [9.17, 15) is 14.4 Å². The van der Waals surface area contributed by atoms with E-state index in [2.05, 4.69) is 15.2 Å². The number of carbonyl (C=O) groups excluding carboxylic acids is 2. The molecule has 39 heavy (non-hydrogen) atoms. The third kappa shape index (κ3) is 5.57. The maximum Gasteiger partial charge on any atom is 0.514 e. The van der Waals surface area contributed by atoms with Gasteiger partial charge in [0.05, 0.1) is 43.5 Å². The molecule has 1 N–H and O–H groups in total. The third-order valence-corrected chi connectivity index (χ3v) is 6.55. The summed E-state index contributed by atoms with van der Waals surface area (Å²) in [4.78, 5) is 45.4. The van der Waals surface area contributed by atoms with E-state index in [-0.39, 0.29) is 18.0 Å². The van der Waals surface area contributed by atoms with Crippen molar-refractivity contribution in [1.82, 2.24) is 14.9 Å². The molecule has 1 saturated heterocycles. The average molecular weight is 549 g/mol. The second-order valence-corrected chi connectivity index (χ2v) is 9.13. The zero-order valence-electron chi connectivity index (χ0n) is 21.1. The minimum atomic E-state index is -1.02. The van der Waals surface area contributed by atoms with E-state index < -0.39 is 17.5 Å². The minimum Gasteiger partial charge on any atom is -0.437 e. The number of ether oxygens (including phenoxy) is 3. The lowest BCUT2D eigenvalue weighted by Gasteiger charge is -2.27. The second kappa shape index (κ2) is 11.5. The maximum absolute atomic E-state index is 13.6. The number of benzene rings is 2. The fraction of sp³-hybridized carbons (Fsp3) is 0.214. The Balaban J connectivity index is 1.52. The lowest BCUT2D eigenvalue weighted by atomic mass is 10.1. The first kappa shape index (κ1) is 26.2. The summed E-state index contributed by atoms with van der Waals surface area (Å²) < 4.78 is 17.2. The van der Waals surface area contributed by atoms with Crippen LogP contribution in [0.3, 0.4) is 0 Å². The Hall–Kier alpha value is -4.41. The number of para-hydroxylation sites is 1. The minimum absolute atomic E-state index is 0.0605. The maximum atomic E-state index is 13.6. The standard InChI is InChI=1S/C28H25ClN4O6/c1-37-28(36)39-27-22(17-31-26(35)18-7-10-24(30-16-18)32-11-13-38-14-12-32)25(34)21-9-8-19(29)15-23(21)33(27)20-5-3-2-4-6-20/h2-10,15-16H,11-14,17H2,1H3,(H,31,35). The molecule has 2 aromatic heterocycles. The molecule has 200 valence electrons. The van der Waals surface area contributed by atoms with E-state index in [0.29, 0.717) is 40.4 Å². The number of pyridine rings is 2. The van der Waals surface area contributed by atoms with E-state index in [4.69, 9.17) is 25.8 Å². The molecule has 1 amide bonds. The molecule has 0 atom stereocenters. The van der Waals surface area contributed by atoms with E-state index in [1.807, 2.05) is 6.07 Å². The van der Waals surface area contributed by atoms with Gasteiger partial charge in [-0.3, -0.25) is 14.2 Å². The zero-order chi connectivity index (χ0) is 27.4. The van der Waals surface area contributed by atoms with Crippen LogP contribution in [-0.4, -0.2) is 55.0 Å². The lowest BCUT2D eigenvalue weighted by molar-refractivity contribution is 0.0950. The molecular weight excluding hydrogens is 524 g/mol. The summed E-state index contributed by atoms with van der Waals surface area (Å²) in [5.41, 5.74) is 0.993. The highest BCUT2D eigenvalue weighted by Crippen LogP contribution is 2.29. The molecule has 10 nitrogen and oxygen atoms in total. The van der Waals surface area contributed by atoms with E-state index in [1.165, 1.54) is 13.3 Å². The highest BCUT2D eigenvalue weighted by atomic mass is 35.5. The SMILES string of the molecule is COC(=O)Oc1c(CNC(=O)c2ccc(N3CCOCC3)nc2)c(=O)c2ccc(Cl)cc2n1-c1ccccc1. The molecule has 0 spiro atoms. The van der Waals surface area contributed by atoms with Gasteiger partial charge in [-0.1, -0.05) is 29.8 Å². The fourth-order valence-electron chi connectivity index (χ4n) is 4.37. The summed E-state index contributed by atoms with van der Waals surface area (Å²) in [5.74, 6) is 0.221. The van der Waals surface area contributed by atoms with Crippen molar-refractivity contribution in [2.24, 2.45) is 0 Å². The van der Waals surface area contributed by atoms with Gasteiger partial charge < -0.3 is 24.4 Å². The largest absolute Gasteiger partial charge is 0.514 e. The van der Waals surface area contributed by atoms with Crippen molar-refractivity contribution in [3.63, 3.8) is 0 Å². The Kier molecular flexibility index (Phi) is 7.76. The van der Waals surface area contributed by atoms with Crippen LogP contribution in [0.15, 0.2) is 71.7 Å². The van der Waals surface area contributed by atoms with E-state index in [0.717, 1.165) is 18.9 Å². The summed E-state index contributed by atoms with van der Waals surface area (Å²) in [6.07, 6.45) is 0.465. The Morgan fingerprint density at radius 1 is 1.08 bits per heavy atom. The van der Waals surface area contributed by atoms with Gasteiger partial charge in [0.25, 0.3) is 5.91 Å². The Bertz CT molecular complexity index is 1570. The molecule has 1 fully saturated rings. The normalized spacial score (nSPS) is 13.2. The monoisotopic (exact) mass is 548 g/mol. The summed E-state index contributed by atoms with van der Waals surface area (Å²) in [7, 11) is 1.17. The summed E-state index contributed by atoms with van der Waals surface area (Å²) in [6.45, 7) is 2.47. The molecule has 0 bridgehead atoms. The highest BCUT2D eigenvalue weighted by Gasteiger charge is 2.23. The topological polar surface area (TPSA) is 112 Å². The van der Waals surface area contributed by atoms with Crippen LogP contribution in [0.1, 0.15) is 15.9 Å². The van der Waals surface area contributed by atoms with Crippen LogP contribution in [0, 0.1) is 0 Å². The smallest absolute Gasteiger partial charge is 0.437 e. The molecule has 11 heteroatoms. The highest BCUT2D eigenvalue weighted by molar-refractivity contribution is 6.31. The molecular formula is C28H25ClN4O6. The van der Waals surface area contributed by atoms with Gasteiger partial charge in [0, 0.05) is 35.4 Å². The molecule has 0 aliphatic carbocycles. The average Bonchev–Trinajstić information content (AvgIpc) is 2.97. The van der Waals surface area contributed by atoms with Crippen molar-refractivity contribution in [2.75, 3.05) is 38.3 Å². The van der Waals surface area contributed by atoms with Crippen molar-refractivity contribution in [3.05, 3.63) is 93.2 Å². The lowest BCUT2D eigenvalue weighted by Crippen LogP contribution is -2.36. The number of anilines is 1. The third-order valence-electron chi connectivity index (χ3n) is 6.31. The number of hydrogen-bond acceptors (Lipinski definition) is 8. The van der Waals surface area contributed by atoms with Crippen molar-refractivity contribution >= 4 is 40.4 Å². The molecule has 3 heterocycles. The number of morpholine rings is 1.